The number of nitrogens with zero attached hydrogens (tertiary/aromatic N) is 3. The lowest BCUT2D eigenvalue weighted by atomic mass is 10.1. The lowest BCUT2D eigenvalue weighted by Gasteiger charge is -2.35. The van der Waals surface area contributed by atoms with Crippen molar-refractivity contribution in [2.75, 3.05) is 13.1 Å². The van der Waals surface area contributed by atoms with E-state index in [1.165, 1.54) is 38.3 Å². The van der Waals surface area contributed by atoms with Crippen LogP contribution in [-0.2, 0) is 6.61 Å². The number of hydrogen-bond acceptors (Lipinski definition) is 4. The lowest BCUT2D eigenvalue weighted by molar-refractivity contribution is -0.0430. The molecule has 0 saturated carbocycles. The van der Waals surface area contributed by atoms with Gasteiger partial charge in [-0.05, 0) is 58.4 Å². The van der Waals surface area contributed by atoms with Crippen LogP contribution in [0.2, 0.25) is 0 Å². The highest BCUT2D eigenvalue weighted by molar-refractivity contribution is 6.02. The van der Waals surface area contributed by atoms with E-state index < -0.39 is 54.8 Å². The number of hydrogen-bond donors (Lipinski definition) is 2. The molecule has 8 nitrogen and oxygen atoms in total. The van der Waals surface area contributed by atoms with Gasteiger partial charge in [-0.15, -0.1) is 0 Å². The van der Waals surface area contributed by atoms with Gasteiger partial charge in [0.2, 0.25) is 5.88 Å². The fourth-order valence-electron chi connectivity index (χ4n) is 3.74. The monoisotopic (exact) mass is 524 g/mol. The van der Waals surface area contributed by atoms with Gasteiger partial charge in [-0.2, -0.15) is 9.61 Å². The summed E-state index contributed by atoms with van der Waals surface area (Å²) in [6.07, 6.45) is -1.50. The minimum absolute atomic E-state index is 0.00679. The molecule has 0 saturated heterocycles. The third-order valence-corrected chi connectivity index (χ3v) is 5.61. The van der Waals surface area contributed by atoms with Crippen LogP contribution in [0.15, 0.2) is 30.3 Å². The number of halogens is 4. The number of fused-ring (bicyclic) bond motifs is 1. The topological polar surface area (TPSA) is 96.2 Å². The number of benzene rings is 1. The fourth-order valence-corrected chi connectivity index (χ4v) is 3.74. The number of aryl methyl sites for hydroxylation is 2. The molecule has 2 amide bonds. The Morgan fingerprint density at radius 2 is 1.76 bits per heavy atom. The predicted molar refractivity (Wildman–Crippen MR) is 127 cm³/mol. The Morgan fingerprint density at radius 1 is 1.14 bits per heavy atom. The molecule has 0 unspecified atom stereocenters. The van der Waals surface area contributed by atoms with Gasteiger partial charge in [0.15, 0.2) is 0 Å². The molecule has 0 aliphatic rings. The van der Waals surface area contributed by atoms with Crippen LogP contribution in [0.25, 0.3) is 5.52 Å². The van der Waals surface area contributed by atoms with Gasteiger partial charge in [-0.3, -0.25) is 9.69 Å². The van der Waals surface area contributed by atoms with Crippen LogP contribution in [0.3, 0.4) is 0 Å². The van der Waals surface area contributed by atoms with Crippen molar-refractivity contribution in [1.82, 2.24) is 19.8 Å². The Labute approximate surface area is 210 Å². The van der Waals surface area contributed by atoms with Crippen LogP contribution in [0.4, 0.5) is 22.4 Å². The Morgan fingerprint density at radius 3 is 2.32 bits per heavy atom. The maximum atomic E-state index is 14.6. The largest absolute Gasteiger partial charge is 0.473 e. The van der Waals surface area contributed by atoms with Gasteiger partial charge < -0.3 is 15.2 Å². The van der Waals surface area contributed by atoms with Crippen molar-refractivity contribution in [3.8, 4) is 5.88 Å². The van der Waals surface area contributed by atoms with Gasteiger partial charge in [0.1, 0.15) is 18.2 Å². The molecule has 1 aromatic carbocycles. The third kappa shape index (κ3) is 6.30. The molecule has 37 heavy (non-hydrogen) atoms. The van der Waals surface area contributed by atoms with Crippen molar-refractivity contribution in [1.29, 1.82) is 0 Å². The highest BCUT2D eigenvalue weighted by Crippen LogP contribution is 2.26. The number of amides is 2. The van der Waals surface area contributed by atoms with Crippen molar-refractivity contribution in [2.24, 2.45) is 0 Å². The Hall–Kier alpha value is -3.83. The smallest absolute Gasteiger partial charge is 0.407 e. The molecule has 2 N–H and O–H groups in total. The van der Waals surface area contributed by atoms with Gasteiger partial charge in [-0.1, -0.05) is 6.07 Å². The van der Waals surface area contributed by atoms with Crippen molar-refractivity contribution in [3.63, 3.8) is 0 Å². The van der Waals surface area contributed by atoms with E-state index in [-0.39, 0.29) is 28.2 Å². The summed E-state index contributed by atoms with van der Waals surface area (Å²) in [6, 6.07) is 6.57. The molecule has 0 aliphatic heterocycles. The van der Waals surface area contributed by atoms with Gasteiger partial charge in [-0.25, -0.2) is 22.4 Å². The minimum atomic E-state index is -3.55. The standard InChI is InChI=1S/C25H28F4N4O4/c1-14-9-19-21(22(34)30-12-25(28,29)13-32(23(35)36)24(3,4)5)15(2)31-33(19)20(10-14)37-11-16-17(26)7-6-8-18(16)27/h6-10H,11-13H2,1-5H3,(H,30,34)(H,35,36). The minimum Gasteiger partial charge on any atom is -0.473 e. The summed E-state index contributed by atoms with van der Waals surface area (Å²) in [4.78, 5) is 25.0. The number of nitrogens with one attached hydrogen (secondary N) is 1. The zero-order valence-corrected chi connectivity index (χ0v) is 21.0. The lowest BCUT2D eigenvalue weighted by Crippen LogP contribution is -2.53. The third-order valence-electron chi connectivity index (χ3n) is 5.61. The summed E-state index contributed by atoms with van der Waals surface area (Å²) >= 11 is 0. The average molecular weight is 525 g/mol. The van der Waals surface area contributed by atoms with Crippen LogP contribution in [0.5, 0.6) is 5.88 Å². The van der Waals surface area contributed by atoms with Crippen LogP contribution < -0.4 is 10.1 Å². The second-order valence-electron chi connectivity index (χ2n) is 9.70. The van der Waals surface area contributed by atoms with E-state index >= 15 is 0 Å². The van der Waals surface area contributed by atoms with Crippen molar-refractivity contribution in [2.45, 2.75) is 52.7 Å². The summed E-state index contributed by atoms with van der Waals surface area (Å²) in [5.41, 5.74) is -0.283. The van der Waals surface area contributed by atoms with Crippen LogP contribution in [0, 0.1) is 25.5 Å². The molecule has 200 valence electrons. The fraction of sp³-hybridized carbons (Fsp3) is 0.400. The summed E-state index contributed by atoms with van der Waals surface area (Å²) in [7, 11) is 0. The molecule has 0 spiro atoms. The first kappa shape index (κ1) is 27.8. The number of carbonyl (C=O) groups is 2. The van der Waals surface area contributed by atoms with Gasteiger partial charge in [0, 0.05) is 11.6 Å². The van der Waals surface area contributed by atoms with E-state index in [4.69, 9.17) is 4.74 Å². The van der Waals surface area contributed by atoms with Crippen molar-refractivity contribution in [3.05, 3.63) is 64.4 Å². The van der Waals surface area contributed by atoms with Gasteiger partial charge in [0.25, 0.3) is 11.8 Å². The maximum absolute atomic E-state index is 14.6. The summed E-state index contributed by atoms with van der Waals surface area (Å²) in [5.74, 6) is -5.87. The number of alkyl halides is 2. The molecule has 3 rings (SSSR count). The van der Waals surface area contributed by atoms with Crippen molar-refractivity contribution < 1.29 is 37.0 Å². The first-order chi connectivity index (χ1) is 17.1. The molecule has 2 aromatic heterocycles. The van der Waals surface area contributed by atoms with Crippen molar-refractivity contribution >= 4 is 17.5 Å². The second kappa shape index (κ2) is 10.3. The molecular formula is C25H28F4N4O4. The van der Waals surface area contributed by atoms with Crippen LogP contribution in [0.1, 0.15) is 48.0 Å². The maximum Gasteiger partial charge on any atom is 0.407 e. The van der Waals surface area contributed by atoms with Gasteiger partial charge in [0.05, 0.1) is 35.4 Å². The molecule has 0 bridgehead atoms. The predicted octanol–water partition coefficient (Wildman–Crippen LogP) is 4.95. The Bertz CT molecular complexity index is 1310. The number of aromatic nitrogens is 2. The van der Waals surface area contributed by atoms with E-state index in [1.54, 1.807) is 19.1 Å². The molecular weight excluding hydrogens is 496 g/mol. The quantitative estimate of drug-likeness (QED) is 0.407. The normalized spacial score (nSPS) is 12.0. The SMILES string of the molecule is Cc1cc(OCc2c(F)cccc2F)n2nc(C)c(C(=O)NCC(F)(F)CN(C(=O)O)C(C)(C)C)c2c1. The van der Waals surface area contributed by atoms with Gasteiger partial charge >= 0.3 is 6.09 Å². The number of carbonyl (C=O) groups excluding carboxylic acids is 1. The summed E-state index contributed by atoms with van der Waals surface area (Å²) < 4.78 is 64.1. The second-order valence-corrected chi connectivity index (χ2v) is 9.70. The number of rotatable bonds is 8. The number of carboxylic acid groups (broad SMARTS) is 1. The molecule has 0 aliphatic carbocycles. The van der Waals surface area contributed by atoms with Crippen LogP contribution in [-0.4, -0.2) is 56.2 Å². The van der Waals surface area contributed by atoms with E-state index in [9.17, 15) is 32.3 Å². The van der Waals surface area contributed by atoms with E-state index in [2.05, 4.69) is 10.4 Å². The first-order valence-electron chi connectivity index (χ1n) is 11.3. The average Bonchev–Trinajstić information content (AvgIpc) is 3.10. The zero-order chi connectivity index (χ0) is 27.7. The van der Waals surface area contributed by atoms with E-state index in [1.807, 2.05) is 0 Å². The molecule has 0 radical (unpaired) electrons. The number of ether oxygens (including phenoxy) is 1. The highest BCUT2D eigenvalue weighted by atomic mass is 19.3. The molecule has 0 fully saturated rings. The van der Waals surface area contributed by atoms with E-state index in [0.717, 1.165) is 12.1 Å². The molecule has 3 aromatic rings. The number of pyridine rings is 1. The molecule has 0 atom stereocenters. The first-order valence-corrected chi connectivity index (χ1v) is 11.3. The summed E-state index contributed by atoms with van der Waals surface area (Å²) in [5, 5.41) is 15.7. The Balaban J connectivity index is 1.83. The molecule has 12 heteroatoms. The summed E-state index contributed by atoms with van der Waals surface area (Å²) in [6.45, 7) is 5.00. The highest BCUT2D eigenvalue weighted by Gasteiger charge is 2.39. The van der Waals surface area contributed by atoms with E-state index in [0.29, 0.717) is 10.5 Å². The zero-order valence-electron chi connectivity index (χ0n) is 21.0. The molecule has 2 heterocycles. The van der Waals surface area contributed by atoms with Crippen LogP contribution >= 0.6 is 0 Å². The Kier molecular flexibility index (Phi) is 7.70.